The first-order valence-electron chi connectivity index (χ1n) is 9.05. The molecule has 0 fully saturated rings. The average Bonchev–Trinajstić information content (AvgIpc) is 2.84. The summed E-state index contributed by atoms with van der Waals surface area (Å²) in [6, 6.07) is 22.8. The Balaban J connectivity index is 0.000000582. The van der Waals surface area contributed by atoms with Crippen molar-refractivity contribution in [2.45, 2.75) is 6.92 Å². The number of hydrogen-bond acceptors (Lipinski definition) is 5. The van der Waals surface area contributed by atoms with Crippen LogP contribution in [0.1, 0.15) is 15.9 Å². The van der Waals surface area contributed by atoms with Crippen LogP contribution in [-0.4, -0.2) is 33.6 Å². The minimum Gasteiger partial charge on any atom is -0.497 e. The molecule has 6 nitrogen and oxygen atoms in total. The second kappa shape index (κ2) is 16.4. The molecule has 3 aromatic rings. The predicted molar refractivity (Wildman–Crippen MR) is 130 cm³/mol. The summed E-state index contributed by atoms with van der Waals surface area (Å²) in [5, 5.41) is 5.87. The lowest BCUT2D eigenvalue weighted by molar-refractivity contribution is -0.0987. The zero-order valence-electron chi connectivity index (χ0n) is 17.9. The largest absolute Gasteiger partial charge is 0.497 e. The first-order valence-corrected chi connectivity index (χ1v) is 9.85. The number of benzene rings is 3. The van der Waals surface area contributed by atoms with Gasteiger partial charge in [0.1, 0.15) is 19.3 Å². The Labute approximate surface area is 191 Å². The van der Waals surface area contributed by atoms with Crippen LogP contribution in [0.2, 0.25) is 0 Å². The van der Waals surface area contributed by atoms with Gasteiger partial charge in [-0.1, -0.05) is 35.9 Å². The van der Waals surface area contributed by atoms with E-state index in [1.54, 1.807) is 13.2 Å². The standard InChI is InChI=1S/C14H13BrN2O.C8H10O.2CH2O/c1-16-11-6-4-5-10(9-11)14(18)17-13-8-3-2-7-12(13)15;1-7-3-5-8(9-2)6-4-7;2*1-2/h2-9,16H,1H3,(H,17,18);3-6H,1-2H3;2*1H2. The Hall–Kier alpha value is -3.45. The average molecular weight is 487 g/mol. The molecule has 2 N–H and O–H groups in total. The van der Waals surface area contributed by atoms with E-state index in [0.29, 0.717) is 5.56 Å². The van der Waals surface area contributed by atoms with Crippen LogP contribution < -0.4 is 15.4 Å². The fourth-order valence-corrected chi connectivity index (χ4v) is 2.63. The van der Waals surface area contributed by atoms with E-state index < -0.39 is 0 Å². The van der Waals surface area contributed by atoms with Gasteiger partial charge < -0.3 is 25.0 Å². The Morgan fingerprint density at radius 3 is 2.06 bits per heavy atom. The molecule has 0 heterocycles. The Kier molecular flexibility index (Phi) is 14.5. The van der Waals surface area contributed by atoms with E-state index in [4.69, 9.17) is 14.3 Å². The number of amides is 1. The molecule has 0 aromatic heterocycles. The predicted octanol–water partition coefficient (Wildman–Crippen LogP) is 5.38. The van der Waals surface area contributed by atoms with Crippen LogP contribution in [0, 0.1) is 6.92 Å². The molecule has 0 spiro atoms. The van der Waals surface area contributed by atoms with Crippen LogP contribution in [0.3, 0.4) is 0 Å². The molecule has 3 aromatic carbocycles. The summed E-state index contributed by atoms with van der Waals surface area (Å²) >= 11 is 3.40. The van der Waals surface area contributed by atoms with Crippen molar-refractivity contribution in [2.24, 2.45) is 0 Å². The summed E-state index contributed by atoms with van der Waals surface area (Å²) in [6.07, 6.45) is 0. The third-order valence-corrected chi connectivity index (χ3v) is 4.48. The molecule has 0 radical (unpaired) electrons. The van der Waals surface area contributed by atoms with Crippen LogP contribution >= 0.6 is 15.9 Å². The molecule has 0 aliphatic heterocycles. The van der Waals surface area contributed by atoms with Crippen molar-refractivity contribution in [2.75, 3.05) is 24.8 Å². The molecule has 164 valence electrons. The summed E-state index contributed by atoms with van der Waals surface area (Å²) in [5.41, 5.74) is 3.56. The molecule has 0 bridgehead atoms. The van der Waals surface area contributed by atoms with Crippen molar-refractivity contribution in [1.82, 2.24) is 0 Å². The summed E-state index contributed by atoms with van der Waals surface area (Å²) < 4.78 is 5.83. The molecule has 0 aliphatic carbocycles. The number of halogens is 1. The normalized spacial score (nSPS) is 8.65. The summed E-state index contributed by atoms with van der Waals surface area (Å²) in [7, 11) is 3.50. The van der Waals surface area contributed by atoms with E-state index in [9.17, 15) is 4.79 Å². The lowest BCUT2D eigenvalue weighted by Gasteiger charge is -2.08. The highest BCUT2D eigenvalue weighted by Crippen LogP contribution is 2.22. The van der Waals surface area contributed by atoms with Gasteiger partial charge in [0.25, 0.3) is 5.91 Å². The molecule has 3 rings (SSSR count). The van der Waals surface area contributed by atoms with Gasteiger partial charge in [-0.15, -0.1) is 0 Å². The fraction of sp³-hybridized carbons (Fsp3) is 0.125. The van der Waals surface area contributed by atoms with Gasteiger partial charge >= 0.3 is 0 Å². The monoisotopic (exact) mass is 486 g/mol. The van der Waals surface area contributed by atoms with E-state index in [0.717, 1.165) is 21.6 Å². The number of para-hydroxylation sites is 1. The molecule has 31 heavy (non-hydrogen) atoms. The lowest BCUT2D eigenvalue weighted by atomic mass is 10.2. The van der Waals surface area contributed by atoms with Gasteiger partial charge in [0.05, 0.1) is 12.8 Å². The van der Waals surface area contributed by atoms with Crippen LogP contribution in [0.4, 0.5) is 11.4 Å². The highest BCUT2D eigenvalue weighted by molar-refractivity contribution is 9.10. The Morgan fingerprint density at radius 2 is 1.52 bits per heavy atom. The number of aryl methyl sites for hydroxylation is 1. The van der Waals surface area contributed by atoms with Crippen molar-refractivity contribution < 1.29 is 19.1 Å². The Bertz CT molecular complexity index is 915. The van der Waals surface area contributed by atoms with Crippen LogP contribution in [0.25, 0.3) is 0 Å². The van der Waals surface area contributed by atoms with Crippen LogP contribution in [0.5, 0.6) is 5.75 Å². The van der Waals surface area contributed by atoms with Gasteiger partial charge in [0.15, 0.2) is 0 Å². The van der Waals surface area contributed by atoms with Gasteiger partial charge in [0, 0.05) is 22.8 Å². The van der Waals surface area contributed by atoms with Gasteiger partial charge in [-0.25, -0.2) is 0 Å². The quantitative estimate of drug-likeness (QED) is 0.517. The molecule has 0 unspecified atom stereocenters. The van der Waals surface area contributed by atoms with E-state index in [1.807, 2.05) is 87.4 Å². The smallest absolute Gasteiger partial charge is 0.255 e. The molecular weight excluding hydrogens is 460 g/mol. The third kappa shape index (κ3) is 10.2. The van der Waals surface area contributed by atoms with Crippen molar-refractivity contribution in [3.8, 4) is 5.75 Å². The van der Waals surface area contributed by atoms with Gasteiger partial charge in [0.2, 0.25) is 0 Å². The van der Waals surface area contributed by atoms with Crippen LogP contribution in [-0.2, 0) is 9.59 Å². The lowest BCUT2D eigenvalue weighted by Crippen LogP contribution is -2.12. The van der Waals surface area contributed by atoms with Gasteiger partial charge in [-0.3, -0.25) is 4.79 Å². The second-order valence-electron chi connectivity index (χ2n) is 5.78. The maximum atomic E-state index is 12.1. The number of carbonyl (C=O) groups excluding carboxylic acids is 3. The minimum absolute atomic E-state index is 0.126. The molecular formula is C24H27BrN2O4. The maximum absolute atomic E-state index is 12.1. The SMILES string of the molecule is C=O.C=O.CNc1cccc(C(=O)Nc2ccccc2Br)c1.COc1ccc(C)cc1. The Morgan fingerprint density at radius 1 is 0.903 bits per heavy atom. The number of ether oxygens (including phenoxy) is 1. The molecule has 0 aliphatic rings. The maximum Gasteiger partial charge on any atom is 0.255 e. The zero-order valence-corrected chi connectivity index (χ0v) is 19.4. The molecule has 0 saturated carbocycles. The van der Waals surface area contributed by atoms with Crippen molar-refractivity contribution in [3.05, 3.63) is 88.4 Å². The zero-order chi connectivity index (χ0) is 23.6. The summed E-state index contributed by atoms with van der Waals surface area (Å²) in [4.78, 5) is 28.1. The highest BCUT2D eigenvalue weighted by atomic mass is 79.9. The number of nitrogens with one attached hydrogen (secondary N) is 2. The first-order chi connectivity index (χ1) is 15.0. The third-order valence-electron chi connectivity index (χ3n) is 3.79. The second-order valence-corrected chi connectivity index (χ2v) is 6.64. The van der Waals surface area contributed by atoms with Gasteiger partial charge in [-0.2, -0.15) is 0 Å². The van der Waals surface area contributed by atoms with Crippen molar-refractivity contribution >= 4 is 46.8 Å². The number of carbonyl (C=O) groups is 3. The minimum atomic E-state index is -0.126. The van der Waals surface area contributed by atoms with E-state index in [2.05, 4.69) is 33.5 Å². The number of rotatable bonds is 4. The van der Waals surface area contributed by atoms with Crippen LogP contribution in [0.15, 0.2) is 77.3 Å². The van der Waals surface area contributed by atoms with E-state index in [1.165, 1.54) is 5.56 Å². The molecule has 1 amide bonds. The molecule has 0 atom stereocenters. The number of anilines is 2. The molecule has 7 heteroatoms. The number of hydrogen-bond donors (Lipinski definition) is 2. The molecule has 0 saturated heterocycles. The van der Waals surface area contributed by atoms with Crippen molar-refractivity contribution in [3.63, 3.8) is 0 Å². The van der Waals surface area contributed by atoms with Crippen molar-refractivity contribution in [1.29, 1.82) is 0 Å². The van der Waals surface area contributed by atoms with Gasteiger partial charge in [-0.05, 0) is 65.3 Å². The number of methoxy groups -OCH3 is 1. The van der Waals surface area contributed by atoms with E-state index in [-0.39, 0.29) is 5.91 Å². The first kappa shape index (κ1) is 27.5. The topological polar surface area (TPSA) is 84.5 Å². The summed E-state index contributed by atoms with van der Waals surface area (Å²) in [6.45, 7) is 6.06. The highest BCUT2D eigenvalue weighted by Gasteiger charge is 2.08. The summed E-state index contributed by atoms with van der Waals surface area (Å²) in [5.74, 6) is 0.791. The fourth-order valence-electron chi connectivity index (χ4n) is 2.25. The van der Waals surface area contributed by atoms with E-state index >= 15 is 0 Å².